The van der Waals surface area contributed by atoms with Crippen LogP contribution < -0.4 is 47.1 Å². The van der Waals surface area contributed by atoms with Crippen LogP contribution in [0.25, 0.3) is 10.9 Å². The predicted molar refractivity (Wildman–Crippen MR) is 320 cm³/mol. The van der Waals surface area contributed by atoms with Crippen molar-refractivity contribution in [1.29, 1.82) is 0 Å². The molecule has 1 aromatic heterocycles. The number of ketones is 2. The van der Waals surface area contributed by atoms with Crippen LogP contribution in [0.5, 0.6) is 11.5 Å². The number of Topliss-reactive ketones (excluding diaryl/α,β-unsaturated/α-hetero) is 2. The van der Waals surface area contributed by atoms with Gasteiger partial charge in [-0.25, -0.2) is 8.78 Å². The number of hydrogen-bond donors (Lipinski definition) is 11. The van der Waals surface area contributed by atoms with Crippen LogP contribution in [-0.2, 0) is 75.7 Å². The third kappa shape index (κ3) is 19.5. The number of aromatic amines is 1. The van der Waals surface area contributed by atoms with Gasteiger partial charge in [-0.15, -0.1) is 0 Å². The van der Waals surface area contributed by atoms with Gasteiger partial charge in [0, 0.05) is 85.7 Å². The van der Waals surface area contributed by atoms with Crippen molar-refractivity contribution in [3.8, 4) is 11.5 Å². The van der Waals surface area contributed by atoms with E-state index in [0.717, 1.165) is 4.90 Å². The van der Waals surface area contributed by atoms with E-state index in [2.05, 4.69) is 41.6 Å². The fourth-order valence-electron chi connectivity index (χ4n) is 10.7. The third-order valence-corrected chi connectivity index (χ3v) is 18.5. The maximum atomic E-state index is 15.3. The second-order valence-corrected chi connectivity index (χ2v) is 25.0. The minimum atomic E-state index is -2.46. The number of unbranched alkanes of at least 4 members (excludes halogenated alkanes) is 1. The zero-order valence-corrected chi connectivity index (χ0v) is 51.5. The van der Waals surface area contributed by atoms with Crippen molar-refractivity contribution >= 4 is 98.3 Å². The topological polar surface area (TPSA) is 401 Å². The van der Waals surface area contributed by atoms with E-state index in [1.807, 2.05) is 0 Å². The lowest BCUT2D eigenvalue weighted by Gasteiger charge is -2.32. The number of aromatic nitrogens is 1. The van der Waals surface area contributed by atoms with Gasteiger partial charge in [0.1, 0.15) is 28.9 Å². The average Bonchev–Trinajstić information content (AvgIpc) is 1.64. The molecule has 0 spiro atoms. The van der Waals surface area contributed by atoms with Crippen molar-refractivity contribution < 1.29 is 99.3 Å². The number of rotatable bonds is 20. The Morgan fingerprint density at radius 1 is 0.890 bits per heavy atom. The molecule has 0 radical (unpaired) electrons. The lowest BCUT2D eigenvalue weighted by atomic mass is 9.85. The van der Waals surface area contributed by atoms with E-state index in [1.165, 1.54) is 25.8 Å². The molecule has 3 aliphatic heterocycles. The van der Waals surface area contributed by atoms with Gasteiger partial charge in [-0.1, -0.05) is 34.6 Å². The average molecular weight is 1330 g/mol. The third-order valence-electron chi connectivity index (χ3n) is 16.0. The highest BCUT2D eigenvalue weighted by Crippen LogP contribution is 2.38. The van der Waals surface area contributed by atoms with Gasteiger partial charge in [0.25, 0.3) is 0 Å². The number of fused-ring (bicyclic) bond motifs is 5. The van der Waals surface area contributed by atoms with Crippen LogP contribution in [0.15, 0.2) is 23.2 Å². The molecule has 6 rings (SSSR count). The number of halogens is 4. The Bertz CT molecular complexity index is 3220. The van der Waals surface area contributed by atoms with Crippen molar-refractivity contribution in [3.05, 3.63) is 52.6 Å². The largest absolute Gasteiger partial charge is 0.496 e. The van der Waals surface area contributed by atoms with Gasteiger partial charge < -0.3 is 72.3 Å². The molecule has 32 heteroatoms. The van der Waals surface area contributed by atoms with Crippen molar-refractivity contribution in [2.75, 3.05) is 51.4 Å². The van der Waals surface area contributed by atoms with Crippen LogP contribution in [0.3, 0.4) is 0 Å². The van der Waals surface area contributed by atoms with Crippen molar-refractivity contribution in [2.45, 2.75) is 146 Å². The first-order valence-corrected chi connectivity index (χ1v) is 31.7. The molecule has 4 heterocycles. The molecule has 1 saturated heterocycles. The number of nitrogens with one attached hydrogen (secondary N) is 7. The lowest BCUT2D eigenvalue weighted by Crippen LogP contribution is -2.60. The maximum absolute atomic E-state index is 15.3. The second kappa shape index (κ2) is 34.2. The molecule has 0 aliphatic carbocycles. The highest BCUT2D eigenvalue weighted by atomic mass is 32.2. The van der Waals surface area contributed by atoms with Crippen LogP contribution in [0, 0.1) is 46.9 Å². The molecule has 2 aromatic carbocycles. The number of aliphatic hydroxyl groups excluding tert-OH is 3. The van der Waals surface area contributed by atoms with E-state index in [4.69, 9.17) is 10.5 Å². The van der Waals surface area contributed by atoms with Gasteiger partial charge in [0.15, 0.2) is 23.2 Å². The molecule has 2 bridgehead atoms. The van der Waals surface area contributed by atoms with Crippen molar-refractivity contribution in [3.63, 3.8) is 0 Å². The molecule has 26 nitrogen and oxygen atoms in total. The summed E-state index contributed by atoms with van der Waals surface area (Å²) < 4.78 is 80.6. The number of carbonyl (C=O) groups excluding carboxylic acids is 11. The summed E-state index contributed by atoms with van der Waals surface area (Å²) in [7, 11) is -1.07. The summed E-state index contributed by atoms with van der Waals surface area (Å²) in [6.07, 6.45) is -5.51. The van der Waals surface area contributed by atoms with Crippen LogP contribution in [0.1, 0.15) is 104 Å². The van der Waals surface area contributed by atoms with Gasteiger partial charge in [0.2, 0.25) is 64.6 Å². The maximum Gasteiger partial charge on any atom is 0.311 e. The van der Waals surface area contributed by atoms with Crippen molar-refractivity contribution in [1.82, 2.24) is 41.8 Å². The highest BCUT2D eigenvalue weighted by Gasteiger charge is 2.45. The van der Waals surface area contributed by atoms with E-state index >= 15 is 4.21 Å². The summed E-state index contributed by atoms with van der Waals surface area (Å²) in [6, 6.07) is -3.96. The fourth-order valence-corrected chi connectivity index (χ4v) is 13.2. The monoisotopic (exact) mass is 1330 g/mol. The number of ether oxygens (including phenoxy) is 2. The summed E-state index contributed by atoms with van der Waals surface area (Å²) in [6.45, 7) is 2.09. The number of primary amides is 1. The normalized spacial score (nSPS) is 23.4. The highest BCUT2D eigenvalue weighted by molar-refractivity contribution is 7.98. The molecule has 8 amide bonds. The Balaban J connectivity index is 0.0000150. The minimum Gasteiger partial charge on any atom is -0.496 e. The number of amides is 8. The number of hydrogen-bond acceptors (Lipinski definition) is 18. The number of carbonyl (C=O) groups is 11. The molecule has 0 saturated carbocycles. The zero-order valence-electron chi connectivity index (χ0n) is 49.9. The van der Waals surface area contributed by atoms with Gasteiger partial charge in [-0.05, 0) is 55.1 Å². The number of methoxy groups -OCH3 is 1. The molecule has 1 unspecified atom stereocenters. The van der Waals surface area contributed by atoms with E-state index < -0.39 is 235 Å². The second-order valence-electron chi connectivity index (χ2n) is 22.4. The summed E-state index contributed by atoms with van der Waals surface area (Å²) in [5.74, 6) is -23.4. The molecule has 11 atom stereocenters. The first-order chi connectivity index (χ1) is 42.7. The first-order valence-electron chi connectivity index (χ1n) is 29.2. The fraction of sp³-hybridized carbons (Fsp3) is 0.576. The number of esters is 1. The molecule has 91 heavy (non-hydrogen) atoms. The first kappa shape index (κ1) is 74.2. The smallest absolute Gasteiger partial charge is 0.311 e. The van der Waals surface area contributed by atoms with Crippen molar-refractivity contribution in [2.24, 2.45) is 29.4 Å². The van der Waals surface area contributed by atoms with Crippen LogP contribution in [-0.4, -0.2) is 182 Å². The van der Waals surface area contributed by atoms with Crippen LogP contribution in [0.4, 0.5) is 17.6 Å². The van der Waals surface area contributed by atoms with E-state index in [9.17, 15) is 85.6 Å². The lowest BCUT2D eigenvalue weighted by molar-refractivity contribution is -0.144. The summed E-state index contributed by atoms with van der Waals surface area (Å²) >= 11 is 1.40. The number of benzene rings is 2. The predicted octanol–water partition coefficient (Wildman–Crippen LogP) is 0.662. The van der Waals surface area contributed by atoms with E-state index in [0.29, 0.717) is 47.2 Å². The number of aliphatic hydroxyl groups is 3. The molecular formula is C59H79F4N9O17S2. The van der Waals surface area contributed by atoms with Gasteiger partial charge in [-0.2, -0.15) is 20.5 Å². The minimum absolute atomic E-state index is 0. The molecular weight excluding hydrogens is 1250 g/mol. The zero-order chi connectivity index (χ0) is 66.3. The Morgan fingerprint density at radius 2 is 1.58 bits per heavy atom. The Labute approximate surface area is 528 Å². The Kier molecular flexibility index (Phi) is 27.9. The summed E-state index contributed by atoms with van der Waals surface area (Å²) in [5, 5.41) is 47.3. The number of nitrogens with two attached hydrogens (primary N) is 1. The molecule has 1 fully saturated rings. The Morgan fingerprint density at radius 3 is 2.24 bits per heavy atom. The number of H-pyrrole nitrogens is 1. The molecule has 502 valence electrons. The Hall–Kier alpha value is -7.55. The summed E-state index contributed by atoms with van der Waals surface area (Å²) in [4.78, 5) is 156. The van der Waals surface area contributed by atoms with Crippen LogP contribution >= 0.6 is 11.8 Å². The van der Waals surface area contributed by atoms with Gasteiger partial charge >= 0.3 is 5.97 Å². The van der Waals surface area contributed by atoms with Crippen LogP contribution in [0.2, 0.25) is 0 Å². The number of thioether (sulfide) groups is 1. The van der Waals surface area contributed by atoms with E-state index in [1.54, 1.807) is 26.0 Å². The van der Waals surface area contributed by atoms with E-state index in [-0.39, 0.29) is 49.2 Å². The molecule has 3 aromatic rings. The SMILES string of the molecule is C.CC[C@H](C)[C@@H]1CC(=O)CNC(=O)[C@H]2CC(=O)[C@H]([C@@H](C)[C@@H](O)CO)NC(=O)[C@@H]3C[C@@H](O)CN3C(=O)[C@H](CC(N)=O)NC(=O)[C@H](CS(=O)c3[nH]c4c(CSCCCCNC(=O)CCCC(=O)Oc5c(F)c(F)cc(F)c5F)c(OC)ccc4c3C2)NC(=O)CNC1=O. The van der Waals surface area contributed by atoms with Gasteiger partial charge in [-0.3, -0.25) is 56.9 Å². The van der Waals surface area contributed by atoms with Gasteiger partial charge in [0.05, 0.1) is 73.5 Å². The molecule has 12 N–H and O–H groups in total. The summed E-state index contributed by atoms with van der Waals surface area (Å²) in [5.41, 5.74) is 6.51. The quantitative estimate of drug-likeness (QED) is 0.0243. The molecule has 3 aliphatic rings. The number of nitrogens with zero attached hydrogens (tertiary/aromatic N) is 1. The standard InChI is InChI=1S/C58H75F4N9O17S2.CH4/c1-5-27(2)33-17-30(73)21-65-53(81)29-15-34-32-11-12-43(87-4)35(25-89-14-7-6-13-64-45(78)9-8-10-47(80)88-52-48(61)36(59)19-37(60)49(52)62)51(32)70-57(34)90(86)26-39(67-46(79)22-66-54(33)82)55(83)68-38(20-44(63)77)58(85)71-23-31(74)18-40(71)56(84)69-50(41(75)16-29)28(3)42(76)24-72;/h11-12,19,27-29,31,33,38-40,42,50,70,72,74,76H,5-10,13-18,20-26H2,1-4H3,(H2,63,77)(H,64,78)(H,65,81)(H,66,82)(H,67,79)(H,68,83)(H,69,84);1H4/t27-,28-,29+,31+,33-,38-,39-,40-,42-,50-,90?;/m0./s1.